The number of carbonyl (C=O) groups excluding carboxylic acids is 2. The van der Waals surface area contributed by atoms with Crippen molar-refractivity contribution in [2.75, 3.05) is 19.6 Å². The van der Waals surface area contributed by atoms with Crippen LogP contribution in [-0.4, -0.2) is 80.2 Å². The lowest BCUT2D eigenvalue weighted by Gasteiger charge is -2.51. The van der Waals surface area contributed by atoms with Crippen molar-refractivity contribution in [3.63, 3.8) is 0 Å². The molecule has 3 heterocycles. The zero-order chi connectivity index (χ0) is 38.0. The smallest absolute Gasteiger partial charge is 0.418 e. The van der Waals surface area contributed by atoms with Crippen LogP contribution in [-0.2, 0) is 21.4 Å². The Morgan fingerprint density at radius 1 is 0.962 bits per heavy atom. The first-order valence-corrected chi connectivity index (χ1v) is 18.4. The van der Waals surface area contributed by atoms with Crippen LogP contribution in [0.1, 0.15) is 91.9 Å². The number of benzene rings is 2. The molecule has 2 N–H and O–H groups in total. The number of alkyl halides is 3. The number of pyridine rings is 1. The number of carboxylic acid groups (broad SMARTS) is 1. The highest BCUT2D eigenvalue weighted by atomic mass is 19.4. The monoisotopic (exact) mass is 737 g/mol. The molecule has 2 aromatic carbocycles. The molecule has 4 atom stereocenters. The summed E-state index contributed by atoms with van der Waals surface area (Å²) in [6, 6.07) is 15.4. The van der Waals surface area contributed by atoms with E-state index in [0.29, 0.717) is 49.2 Å². The van der Waals surface area contributed by atoms with E-state index in [4.69, 9.17) is 9.47 Å². The highest BCUT2D eigenvalue weighted by molar-refractivity contribution is 5.96. The Kier molecular flexibility index (Phi) is 11.0. The maximum atomic E-state index is 15.0. The van der Waals surface area contributed by atoms with Crippen LogP contribution in [0.3, 0.4) is 0 Å². The number of carbonyl (C=O) groups is 3. The van der Waals surface area contributed by atoms with Crippen LogP contribution in [0.2, 0.25) is 0 Å². The molecule has 0 bridgehead atoms. The van der Waals surface area contributed by atoms with E-state index in [2.05, 4.69) is 4.98 Å². The van der Waals surface area contributed by atoms with Crippen LogP contribution in [0, 0.1) is 12.8 Å². The largest absolute Gasteiger partial charge is 0.490 e. The summed E-state index contributed by atoms with van der Waals surface area (Å²) in [5.41, 5.74) is -3.33. The molecule has 1 aromatic heterocycles. The predicted molar refractivity (Wildman–Crippen MR) is 188 cm³/mol. The van der Waals surface area contributed by atoms with Crippen molar-refractivity contribution in [2.24, 2.45) is 5.92 Å². The van der Waals surface area contributed by atoms with Crippen LogP contribution >= 0.6 is 0 Å². The van der Waals surface area contributed by atoms with Crippen LogP contribution in [0.4, 0.5) is 13.2 Å². The summed E-state index contributed by atoms with van der Waals surface area (Å²) in [7, 11) is 0. The molecular weight excluding hydrogens is 691 g/mol. The third-order valence-electron chi connectivity index (χ3n) is 11.0. The molecule has 10 nitrogen and oxygen atoms in total. The number of rotatable bonds is 10. The van der Waals surface area contributed by atoms with Crippen LogP contribution < -0.4 is 9.47 Å². The lowest BCUT2D eigenvalue weighted by Crippen LogP contribution is -2.68. The second-order valence-electron chi connectivity index (χ2n) is 14.5. The first-order valence-electron chi connectivity index (χ1n) is 18.4. The van der Waals surface area contributed by atoms with Crippen molar-refractivity contribution in [1.29, 1.82) is 0 Å². The number of aromatic nitrogens is 1. The number of aliphatic hydroxyl groups is 1. The van der Waals surface area contributed by atoms with Crippen molar-refractivity contribution in [3.05, 3.63) is 89.2 Å². The fraction of sp³-hybridized carbons (Fsp3) is 0.500. The van der Waals surface area contributed by atoms with E-state index in [9.17, 15) is 33.0 Å². The Balaban J connectivity index is 1.29. The van der Waals surface area contributed by atoms with Crippen molar-refractivity contribution < 1.29 is 47.2 Å². The third kappa shape index (κ3) is 7.85. The number of para-hydroxylation sites is 1. The standard InChI is InChI=1S/C40H46F3N3O7/c1-3-8-33-39(53-28-15-12-26(2)13-16-28,18-7-22-46(33)35(47)34-31(40(41,42)43)10-6-21-44-34)37(50)45-23-19-38(51,20-24-45)30-9-4-5-11-32(30)52-29-17-14-27(25-29)36(48)49/h4-6,9-13,15-16,21,27,29,33,51H,3,7-8,14,17-20,22-25H2,1-2H3,(H,48,49)/t27-,29-,33-,39+/m1/s1. The summed E-state index contributed by atoms with van der Waals surface area (Å²) in [4.78, 5) is 47.5. The molecule has 2 aliphatic heterocycles. The Hall–Kier alpha value is -4.65. The fourth-order valence-corrected chi connectivity index (χ4v) is 8.18. The zero-order valence-electron chi connectivity index (χ0n) is 30.0. The minimum Gasteiger partial charge on any atom is -0.490 e. The van der Waals surface area contributed by atoms with E-state index in [1.165, 1.54) is 4.90 Å². The van der Waals surface area contributed by atoms with Gasteiger partial charge < -0.3 is 29.5 Å². The number of aryl methyl sites for hydroxylation is 1. The average Bonchev–Trinajstić information content (AvgIpc) is 3.62. The number of carboxylic acids is 1. The molecule has 3 aliphatic rings. The zero-order valence-corrected chi connectivity index (χ0v) is 30.0. The molecule has 13 heteroatoms. The lowest BCUT2D eigenvalue weighted by atomic mass is 9.78. The van der Waals surface area contributed by atoms with E-state index in [1.54, 1.807) is 41.3 Å². The van der Waals surface area contributed by atoms with Crippen molar-refractivity contribution in [2.45, 2.75) is 101 Å². The van der Waals surface area contributed by atoms with Gasteiger partial charge in [0.1, 0.15) is 17.2 Å². The maximum Gasteiger partial charge on any atom is 0.418 e. The highest BCUT2D eigenvalue weighted by Gasteiger charge is 2.56. The number of amides is 2. The second kappa shape index (κ2) is 15.4. The van der Waals surface area contributed by atoms with Gasteiger partial charge in [-0.25, -0.2) is 0 Å². The quantitative estimate of drug-likeness (QED) is 0.233. The maximum absolute atomic E-state index is 15.0. The van der Waals surface area contributed by atoms with Gasteiger partial charge in [0.05, 0.1) is 29.2 Å². The van der Waals surface area contributed by atoms with Crippen molar-refractivity contribution in [1.82, 2.24) is 14.8 Å². The molecule has 2 saturated heterocycles. The van der Waals surface area contributed by atoms with Gasteiger partial charge in [-0.2, -0.15) is 13.2 Å². The predicted octanol–water partition coefficient (Wildman–Crippen LogP) is 6.77. The third-order valence-corrected chi connectivity index (χ3v) is 11.0. The van der Waals surface area contributed by atoms with Gasteiger partial charge in [0.25, 0.3) is 11.8 Å². The van der Waals surface area contributed by atoms with E-state index in [1.807, 2.05) is 26.0 Å². The van der Waals surface area contributed by atoms with Gasteiger partial charge in [-0.05, 0) is 82.2 Å². The molecule has 0 radical (unpaired) electrons. The first kappa shape index (κ1) is 38.1. The number of hydrogen-bond acceptors (Lipinski definition) is 7. The summed E-state index contributed by atoms with van der Waals surface area (Å²) >= 11 is 0. The normalized spacial score (nSPS) is 24.5. The van der Waals surface area contributed by atoms with Gasteiger partial charge in [0, 0.05) is 37.8 Å². The highest BCUT2D eigenvalue weighted by Crippen LogP contribution is 2.43. The van der Waals surface area contributed by atoms with Crippen LogP contribution in [0.5, 0.6) is 11.5 Å². The minimum absolute atomic E-state index is 0.119. The molecule has 3 fully saturated rings. The van der Waals surface area contributed by atoms with Gasteiger partial charge in [0.2, 0.25) is 5.60 Å². The van der Waals surface area contributed by atoms with Crippen molar-refractivity contribution >= 4 is 17.8 Å². The molecule has 1 aliphatic carbocycles. The number of aliphatic carboxylic acids is 1. The van der Waals surface area contributed by atoms with Crippen molar-refractivity contribution in [3.8, 4) is 11.5 Å². The Morgan fingerprint density at radius 2 is 1.68 bits per heavy atom. The molecule has 284 valence electrons. The topological polar surface area (TPSA) is 130 Å². The van der Waals surface area contributed by atoms with Gasteiger partial charge in [-0.3, -0.25) is 19.4 Å². The molecular formula is C40H46F3N3O7. The first-order chi connectivity index (χ1) is 25.3. The molecule has 0 unspecified atom stereocenters. The van der Waals surface area contributed by atoms with E-state index >= 15 is 4.79 Å². The summed E-state index contributed by atoms with van der Waals surface area (Å²) in [6.45, 7) is 4.19. The van der Waals surface area contributed by atoms with Gasteiger partial charge in [-0.15, -0.1) is 0 Å². The number of ether oxygens (including phenoxy) is 2. The lowest BCUT2D eigenvalue weighted by molar-refractivity contribution is -0.163. The Bertz CT molecular complexity index is 1790. The summed E-state index contributed by atoms with van der Waals surface area (Å²) in [5, 5.41) is 21.5. The average molecular weight is 738 g/mol. The Morgan fingerprint density at radius 3 is 2.34 bits per heavy atom. The molecule has 6 rings (SSSR count). The molecule has 2 amide bonds. The second-order valence-corrected chi connectivity index (χ2v) is 14.5. The van der Waals surface area contributed by atoms with E-state index in [0.717, 1.165) is 23.9 Å². The van der Waals surface area contributed by atoms with Gasteiger partial charge >= 0.3 is 12.1 Å². The summed E-state index contributed by atoms with van der Waals surface area (Å²) < 4.78 is 55.2. The number of halogens is 3. The number of nitrogens with zero attached hydrogens (tertiary/aromatic N) is 3. The van der Waals surface area contributed by atoms with Gasteiger partial charge in [0.15, 0.2) is 0 Å². The molecule has 0 spiro atoms. The molecule has 53 heavy (non-hydrogen) atoms. The SMILES string of the molecule is CCC[C@H]1N(C(=O)c2ncccc2C(F)(F)F)CCC[C@@]1(Oc1ccc(C)cc1)C(=O)N1CCC(O)(c2ccccc2O[C@@H]2CC[C@@H](C(=O)O)C2)CC1. The summed E-state index contributed by atoms with van der Waals surface area (Å²) in [5.74, 6) is -1.77. The number of hydrogen-bond donors (Lipinski definition) is 2. The molecule has 1 saturated carbocycles. The number of likely N-dealkylation sites (tertiary alicyclic amines) is 2. The Labute approximate surface area is 306 Å². The van der Waals surface area contributed by atoms with E-state index < -0.39 is 58.4 Å². The molecule has 3 aromatic rings. The van der Waals surface area contributed by atoms with Gasteiger partial charge in [-0.1, -0.05) is 49.2 Å². The van der Waals surface area contributed by atoms with Crippen LogP contribution in [0.15, 0.2) is 66.9 Å². The summed E-state index contributed by atoms with van der Waals surface area (Å²) in [6.07, 6.45) is -0.844. The van der Waals surface area contributed by atoms with E-state index in [-0.39, 0.29) is 51.4 Å². The fourth-order valence-electron chi connectivity index (χ4n) is 8.18. The number of piperidine rings is 2. The van der Waals surface area contributed by atoms with Crippen LogP contribution in [0.25, 0.3) is 0 Å². The minimum atomic E-state index is -4.81.